The van der Waals surface area contributed by atoms with Gasteiger partial charge in [0.05, 0.1) is 10.7 Å². The topological polar surface area (TPSA) is 38.9 Å². The van der Waals surface area contributed by atoms with E-state index in [4.69, 9.17) is 10.7 Å². The van der Waals surface area contributed by atoms with Crippen LogP contribution < -0.4 is 5.73 Å². The van der Waals surface area contributed by atoms with Crippen LogP contribution in [0.25, 0.3) is 0 Å². The number of thiazole rings is 1. The Bertz CT molecular complexity index is 326. The van der Waals surface area contributed by atoms with Crippen molar-refractivity contribution >= 4 is 11.3 Å². The summed E-state index contributed by atoms with van der Waals surface area (Å²) in [7, 11) is 0. The Hall–Kier alpha value is -0.410. The SMILES string of the molecule is Cc1nc(C2CCCC2)sc1C(C)CN. The van der Waals surface area contributed by atoms with Crippen LogP contribution in [0.1, 0.15) is 60.0 Å². The zero-order valence-electron chi connectivity index (χ0n) is 9.62. The Labute approximate surface area is 95.9 Å². The van der Waals surface area contributed by atoms with Crippen molar-refractivity contribution < 1.29 is 0 Å². The number of nitrogens with two attached hydrogens (primary N) is 1. The second-order valence-corrected chi connectivity index (χ2v) is 5.68. The first kappa shape index (κ1) is 11.1. The first-order valence-corrected chi connectivity index (χ1v) is 6.71. The van der Waals surface area contributed by atoms with Gasteiger partial charge in [0.2, 0.25) is 0 Å². The standard InChI is InChI=1S/C12H20N2S/c1-8(7-13)11-9(2)14-12(15-11)10-5-3-4-6-10/h8,10H,3-7,13H2,1-2H3. The molecule has 1 unspecified atom stereocenters. The van der Waals surface area contributed by atoms with E-state index >= 15 is 0 Å². The van der Waals surface area contributed by atoms with Gasteiger partial charge in [-0.25, -0.2) is 4.98 Å². The summed E-state index contributed by atoms with van der Waals surface area (Å²) >= 11 is 1.90. The first-order chi connectivity index (χ1) is 7.22. The van der Waals surface area contributed by atoms with Crippen molar-refractivity contribution in [3.63, 3.8) is 0 Å². The van der Waals surface area contributed by atoms with Gasteiger partial charge in [0.25, 0.3) is 0 Å². The van der Waals surface area contributed by atoms with E-state index in [1.807, 2.05) is 11.3 Å². The van der Waals surface area contributed by atoms with Crippen molar-refractivity contribution in [3.8, 4) is 0 Å². The molecule has 1 fully saturated rings. The van der Waals surface area contributed by atoms with Crippen molar-refractivity contribution in [1.82, 2.24) is 4.98 Å². The van der Waals surface area contributed by atoms with Crippen LogP contribution in [-0.2, 0) is 0 Å². The highest BCUT2D eigenvalue weighted by molar-refractivity contribution is 7.12. The van der Waals surface area contributed by atoms with E-state index in [0.29, 0.717) is 5.92 Å². The third-order valence-corrected chi connectivity index (χ3v) is 4.91. The van der Waals surface area contributed by atoms with Gasteiger partial charge in [0.15, 0.2) is 0 Å². The Morgan fingerprint density at radius 1 is 1.47 bits per heavy atom. The molecule has 15 heavy (non-hydrogen) atoms. The fourth-order valence-electron chi connectivity index (χ4n) is 2.34. The molecule has 0 spiro atoms. The van der Waals surface area contributed by atoms with Crippen LogP contribution in [0, 0.1) is 6.92 Å². The molecule has 84 valence electrons. The molecule has 0 aromatic carbocycles. The Balaban J connectivity index is 2.20. The molecule has 1 aromatic rings. The van der Waals surface area contributed by atoms with Gasteiger partial charge in [-0.05, 0) is 26.3 Å². The lowest BCUT2D eigenvalue weighted by molar-refractivity contribution is 0.713. The van der Waals surface area contributed by atoms with Crippen molar-refractivity contribution in [1.29, 1.82) is 0 Å². The molecule has 0 amide bonds. The smallest absolute Gasteiger partial charge is 0.0961 e. The molecule has 1 aliphatic rings. The predicted octanol–water partition coefficient (Wildman–Crippen LogP) is 3.17. The molecule has 1 heterocycles. The summed E-state index contributed by atoms with van der Waals surface area (Å²) < 4.78 is 0. The molecule has 1 aliphatic carbocycles. The van der Waals surface area contributed by atoms with Crippen molar-refractivity contribution in [2.24, 2.45) is 5.73 Å². The van der Waals surface area contributed by atoms with Gasteiger partial charge in [-0.1, -0.05) is 19.8 Å². The van der Waals surface area contributed by atoms with Gasteiger partial charge in [-0.2, -0.15) is 0 Å². The van der Waals surface area contributed by atoms with Crippen molar-refractivity contribution in [2.75, 3.05) is 6.54 Å². The minimum Gasteiger partial charge on any atom is -0.330 e. The number of hydrogen-bond acceptors (Lipinski definition) is 3. The minimum atomic E-state index is 0.470. The van der Waals surface area contributed by atoms with Gasteiger partial charge in [-0.3, -0.25) is 0 Å². The Morgan fingerprint density at radius 3 is 2.73 bits per heavy atom. The van der Waals surface area contributed by atoms with Crippen LogP contribution in [0.2, 0.25) is 0 Å². The maximum atomic E-state index is 5.71. The molecule has 0 radical (unpaired) electrons. The van der Waals surface area contributed by atoms with E-state index in [2.05, 4.69) is 13.8 Å². The third-order valence-electron chi connectivity index (χ3n) is 3.35. The average Bonchev–Trinajstić information content (AvgIpc) is 2.84. The highest BCUT2D eigenvalue weighted by Gasteiger charge is 2.22. The molecule has 3 heteroatoms. The third kappa shape index (κ3) is 2.23. The molecule has 0 saturated heterocycles. The minimum absolute atomic E-state index is 0.470. The van der Waals surface area contributed by atoms with Crippen LogP contribution in [0.15, 0.2) is 0 Å². The van der Waals surface area contributed by atoms with E-state index in [-0.39, 0.29) is 0 Å². The van der Waals surface area contributed by atoms with Gasteiger partial charge < -0.3 is 5.73 Å². The summed E-state index contributed by atoms with van der Waals surface area (Å²) in [6.07, 6.45) is 5.43. The molecule has 1 atom stereocenters. The summed E-state index contributed by atoms with van der Waals surface area (Å²) in [5, 5.41) is 1.36. The van der Waals surface area contributed by atoms with Gasteiger partial charge >= 0.3 is 0 Å². The average molecular weight is 224 g/mol. The molecule has 2 nitrogen and oxygen atoms in total. The van der Waals surface area contributed by atoms with E-state index in [0.717, 1.165) is 12.5 Å². The molecular formula is C12H20N2S. The summed E-state index contributed by atoms with van der Waals surface area (Å²) in [6, 6.07) is 0. The molecule has 0 bridgehead atoms. The van der Waals surface area contributed by atoms with E-state index in [9.17, 15) is 0 Å². The van der Waals surface area contributed by atoms with Crippen LogP contribution >= 0.6 is 11.3 Å². The number of aryl methyl sites for hydroxylation is 1. The zero-order valence-corrected chi connectivity index (χ0v) is 10.4. The van der Waals surface area contributed by atoms with Crippen molar-refractivity contribution in [3.05, 3.63) is 15.6 Å². The first-order valence-electron chi connectivity index (χ1n) is 5.89. The number of hydrogen-bond donors (Lipinski definition) is 1. The molecule has 0 aliphatic heterocycles. The van der Waals surface area contributed by atoms with Gasteiger partial charge in [0.1, 0.15) is 0 Å². The number of nitrogens with zero attached hydrogens (tertiary/aromatic N) is 1. The quantitative estimate of drug-likeness (QED) is 0.856. The van der Waals surface area contributed by atoms with E-state index < -0.39 is 0 Å². The van der Waals surface area contributed by atoms with Gasteiger partial charge in [-0.15, -0.1) is 11.3 Å². The highest BCUT2D eigenvalue weighted by Crippen LogP contribution is 2.38. The number of rotatable bonds is 3. The van der Waals surface area contributed by atoms with Crippen molar-refractivity contribution in [2.45, 2.75) is 51.4 Å². The molecule has 1 aromatic heterocycles. The van der Waals surface area contributed by atoms with Crippen LogP contribution in [0.5, 0.6) is 0 Å². The van der Waals surface area contributed by atoms with Crippen LogP contribution in [-0.4, -0.2) is 11.5 Å². The molecule has 1 saturated carbocycles. The maximum Gasteiger partial charge on any atom is 0.0961 e. The van der Waals surface area contributed by atoms with E-state index in [1.54, 1.807) is 0 Å². The lowest BCUT2D eigenvalue weighted by Gasteiger charge is -2.05. The summed E-state index contributed by atoms with van der Waals surface area (Å²) in [5.41, 5.74) is 6.92. The Morgan fingerprint density at radius 2 is 2.13 bits per heavy atom. The lowest BCUT2D eigenvalue weighted by atomic mass is 10.1. The summed E-state index contributed by atoms with van der Waals surface area (Å²) in [6.45, 7) is 5.04. The lowest BCUT2D eigenvalue weighted by Crippen LogP contribution is -2.08. The summed E-state index contributed by atoms with van der Waals surface area (Å²) in [5.74, 6) is 1.21. The van der Waals surface area contributed by atoms with Crippen LogP contribution in [0.3, 0.4) is 0 Å². The zero-order chi connectivity index (χ0) is 10.8. The predicted molar refractivity (Wildman–Crippen MR) is 65.5 cm³/mol. The monoisotopic (exact) mass is 224 g/mol. The maximum absolute atomic E-state index is 5.71. The largest absolute Gasteiger partial charge is 0.330 e. The Kier molecular flexibility index (Phi) is 3.42. The van der Waals surface area contributed by atoms with Gasteiger partial charge in [0, 0.05) is 16.7 Å². The number of aromatic nitrogens is 1. The highest BCUT2D eigenvalue weighted by atomic mass is 32.1. The van der Waals surface area contributed by atoms with E-state index in [1.165, 1.54) is 41.3 Å². The molecule has 2 rings (SSSR count). The molecular weight excluding hydrogens is 204 g/mol. The second-order valence-electron chi connectivity index (χ2n) is 4.62. The van der Waals surface area contributed by atoms with Crippen LogP contribution in [0.4, 0.5) is 0 Å². The second kappa shape index (κ2) is 4.62. The summed E-state index contributed by atoms with van der Waals surface area (Å²) in [4.78, 5) is 6.13. The fraction of sp³-hybridized carbons (Fsp3) is 0.750. The molecule has 2 N–H and O–H groups in total. The normalized spacial score (nSPS) is 19.7. The fourth-order valence-corrected chi connectivity index (χ4v) is 3.64.